The summed E-state index contributed by atoms with van der Waals surface area (Å²) in [5.74, 6) is 1.74. The predicted molar refractivity (Wildman–Crippen MR) is 118 cm³/mol. The van der Waals surface area contributed by atoms with E-state index in [4.69, 9.17) is 33.0 Å². The molecule has 0 fully saturated rings. The van der Waals surface area contributed by atoms with Crippen molar-refractivity contribution in [2.45, 2.75) is 19.9 Å². The Morgan fingerprint density at radius 2 is 1.79 bits per heavy atom. The van der Waals surface area contributed by atoms with Crippen LogP contribution in [0.4, 0.5) is 0 Å². The number of amides is 1. The molecule has 1 amide bonds. The van der Waals surface area contributed by atoms with Crippen LogP contribution in [0.3, 0.4) is 0 Å². The summed E-state index contributed by atoms with van der Waals surface area (Å²) in [6.07, 6.45) is 0.956. The molecule has 0 atom stereocenters. The number of carbonyl (C=O) groups excluding carboxylic acids is 1. The largest absolute Gasteiger partial charge is 0.484 e. The van der Waals surface area contributed by atoms with Gasteiger partial charge in [0.05, 0.1) is 6.54 Å². The third-order valence-electron chi connectivity index (χ3n) is 4.17. The smallest absolute Gasteiger partial charge is 0.264 e. The number of nitrogens with one attached hydrogen (secondary N) is 2. The molecule has 0 unspecified atom stereocenters. The van der Waals surface area contributed by atoms with Crippen LogP contribution in [0.5, 0.6) is 5.75 Å². The lowest BCUT2D eigenvalue weighted by Gasteiger charge is -2.10. The van der Waals surface area contributed by atoms with E-state index in [-0.39, 0.29) is 17.6 Å². The number of aryl methyl sites for hydroxylation is 1. The summed E-state index contributed by atoms with van der Waals surface area (Å²) < 4.78 is 11.3. The summed E-state index contributed by atoms with van der Waals surface area (Å²) in [5.41, 5.74) is 2.14. The van der Waals surface area contributed by atoms with Crippen molar-refractivity contribution < 1.29 is 13.9 Å². The molecule has 3 aromatic rings. The number of ether oxygens (including phenoxy) is 1. The second kappa shape index (κ2) is 10.1. The van der Waals surface area contributed by atoms with Gasteiger partial charge in [0, 0.05) is 10.6 Å². The predicted octanol–water partition coefficient (Wildman–Crippen LogP) is 4.73. The number of rotatable bonds is 7. The topological polar surface area (TPSA) is 63.5 Å². The fourth-order valence-electron chi connectivity index (χ4n) is 2.59. The van der Waals surface area contributed by atoms with Crippen LogP contribution in [0.15, 0.2) is 65.1 Å². The van der Waals surface area contributed by atoms with Gasteiger partial charge >= 0.3 is 0 Å². The lowest BCUT2D eigenvalue weighted by atomic mass is 10.2. The normalized spacial score (nSPS) is 10.4. The van der Waals surface area contributed by atoms with Crippen LogP contribution in [0.1, 0.15) is 18.2 Å². The summed E-state index contributed by atoms with van der Waals surface area (Å²) in [6.45, 7) is 2.32. The first-order valence-electron chi connectivity index (χ1n) is 9.17. The molecular weight excluding hydrogens is 408 g/mol. The van der Waals surface area contributed by atoms with Gasteiger partial charge in [0.2, 0.25) is 0 Å². The summed E-state index contributed by atoms with van der Waals surface area (Å²) >= 11 is 11.1. The molecule has 0 aliphatic rings. The highest BCUT2D eigenvalue weighted by molar-refractivity contribution is 7.80. The van der Waals surface area contributed by atoms with Crippen LogP contribution in [0.2, 0.25) is 5.02 Å². The molecule has 0 spiro atoms. The number of furan rings is 1. The van der Waals surface area contributed by atoms with Crippen LogP contribution in [-0.2, 0) is 17.8 Å². The fraction of sp³-hybridized carbons (Fsp3) is 0.182. The number of halogens is 1. The van der Waals surface area contributed by atoms with Gasteiger partial charge in [-0.15, -0.1) is 0 Å². The van der Waals surface area contributed by atoms with Crippen LogP contribution < -0.4 is 15.4 Å². The summed E-state index contributed by atoms with van der Waals surface area (Å²) in [5, 5.41) is 6.42. The molecule has 1 heterocycles. The van der Waals surface area contributed by atoms with Crippen LogP contribution >= 0.6 is 23.8 Å². The molecule has 0 aliphatic heterocycles. The standard InChI is InChI=1S/C22H21ClN2O3S/c1-2-15-3-9-18(10-4-15)27-14-21(26)25-22(29)24-13-19-11-12-20(28-19)16-5-7-17(23)8-6-16/h3-12H,2,13-14H2,1H3,(H2,24,25,26,29). The molecule has 0 saturated heterocycles. The second-order valence-electron chi connectivity index (χ2n) is 6.29. The quantitative estimate of drug-likeness (QED) is 0.532. The third kappa shape index (κ3) is 6.34. The van der Waals surface area contributed by atoms with Gasteiger partial charge in [-0.25, -0.2) is 0 Å². The molecule has 1 aromatic heterocycles. The van der Waals surface area contributed by atoms with Crippen LogP contribution in [0.25, 0.3) is 11.3 Å². The Balaban J connectivity index is 1.42. The zero-order valence-corrected chi connectivity index (χ0v) is 17.5. The Kier molecular flexibility index (Phi) is 7.27. The third-order valence-corrected chi connectivity index (χ3v) is 4.67. The molecular formula is C22H21ClN2O3S. The fourth-order valence-corrected chi connectivity index (χ4v) is 2.90. The van der Waals surface area contributed by atoms with E-state index in [0.29, 0.717) is 23.1 Å². The Labute approximate surface area is 180 Å². The molecule has 0 bridgehead atoms. The van der Waals surface area contributed by atoms with Crippen molar-refractivity contribution in [3.63, 3.8) is 0 Å². The Morgan fingerprint density at radius 3 is 2.48 bits per heavy atom. The molecule has 2 aromatic carbocycles. The molecule has 29 heavy (non-hydrogen) atoms. The van der Waals surface area contributed by atoms with Crippen molar-refractivity contribution in [1.82, 2.24) is 10.6 Å². The Hall–Kier alpha value is -2.83. The zero-order valence-electron chi connectivity index (χ0n) is 15.9. The molecule has 0 aliphatic carbocycles. The lowest BCUT2D eigenvalue weighted by molar-refractivity contribution is -0.121. The minimum atomic E-state index is -0.330. The van der Waals surface area contributed by atoms with E-state index in [9.17, 15) is 4.79 Å². The van der Waals surface area contributed by atoms with E-state index in [0.717, 1.165) is 17.7 Å². The maximum atomic E-state index is 12.0. The molecule has 5 nitrogen and oxygen atoms in total. The summed E-state index contributed by atoms with van der Waals surface area (Å²) in [6, 6.07) is 18.8. The SMILES string of the molecule is CCc1ccc(OCC(=O)NC(=S)NCc2ccc(-c3ccc(Cl)cc3)o2)cc1. The summed E-state index contributed by atoms with van der Waals surface area (Å²) in [7, 11) is 0. The van der Waals surface area contributed by atoms with Gasteiger partial charge < -0.3 is 19.8 Å². The van der Waals surface area contributed by atoms with Gasteiger partial charge in [0.25, 0.3) is 5.91 Å². The van der Waals surface area contributed by atoms with E-state index in [1.54, 1.807) is 0 Å². The van der Waals surface area contributed by atoms with Crippen molar-refractivity contribution in [3.05, 3.63) is 77.0 Å². The van der Waals surface area contributed by atoms with Crippen molar-refractivity contribution in [1.29, 1.82) is 0 Å². The van der Waals surface area contributed by atoms with Gasteiger partial charge in [0.1, 0.15) is 17.3 Å². The molecule has 150 valence electrons. The van der Waals surface area contributed by atoms with E-state index >= 15 is 0 Å². The Bertz CT molecular complexity index is 968. The van der Waals surface area contributed by atoms with Crippen LogP contribution in [0, 0.1) is 0 Å². The minimum Gasteiger partial charge on any atom is -0.484 e. The number of carbonyl (C=O) groups is 1. The first kappa shape index (κ1) is 20.9. The lowest BCUT2D eigenvalue weighted by Crippen LogP contribution is -2.41. The van der Waals surface area contributed by atoms with Gasteiger partial charge in [-0.2, -0.15) is 0 Å². The average Bonchev–Trinajstić information content (AvgIpc) is 3.21. The van der Waals surface area contributed by atoms with E-state index in [1.807, 2.05) is 60.7 Å². The monoisotopic (exact) mass is 428 g/mol. The second-order valence-corrected chi connectivity index (χ2v) is 7.13. The van der Waals surface area contributed by atoms with Gasteiger partial charge in [-0.1, -0.05) is 30.7 Å². The van der Waals surface area contributed by atoms with E-state index in [1.165, 1.54) is 5.56 Å². The highest BCUT2D eigenvalue weighted by Gasteiger charge is 2.08. The average molecular weight is 429 g/mol. The highest BCUT2D eigenvalue weighted by atomic mass is 35.5. The molecule has 0 saturated carbocycles. The van der Waals surface area contributed by atoms with Crippen LogP contribution in [-0.4, -0.2) is 17.6 Å². The van der Waals surface area contributed by atoms with E-state index < -0.39 is 0 Å². The number of thiocarbonyl (C=S) groups is 1. The Morgan fingerprint density at radius 1 is 1.07 bits per heavy atom. The molecule has 7 heteroatoms. The highest BCUT2D eigenvalue weighted by Crippen LogP contribution is 2.23. The molecule has 0 radical (unpaired) electrons. The van der Waals surface area contributed by atoms with Crippen molar-refractivity contribution in [3.8, 4) is 17.1 Å². The van der Waals surface area contributed by atoms with Crippen molar-refractivity contribution >= 4 is 34.8 Å². The van der Waals surface area contributed by atoms with Crippen molar-refractivity contribution in [2.75, 3.05) is 6.61 Å². The molecule has 3 rings (SSSR count). The maximum Gasteiger partial charge on any atom is 0.264 e. The zero-order chi connectivity index (χ0) is 20.6. The number of hydrogen-bond donors (Lipinski definition) is 2. The maximum absolute atomic E-state index is 12.0. The van der Waals surface area contributed by atoms with Gasteiger partial charge in [-0.3, -0.25) is 4.79 Å². The molecule has 2 N–H and O–H groups in total. The van der Waals surface area contributed by atoms with Gasteiger partial charge in [-0.05, 0) is 72.7 Å². The first-order chi connectivity index (χ1) is 14.0. The van der Waals surface area contributed by atoms with E-state index in [2.05, 4.69) is 17.6 Å². The van der Waals surface area contributed by atoms with Crippen molar-refractivity contribution in [2.24, 2.45) is 0 Å². The minimum absolute atomic E-state index is 0.116. The number of hydrogen-bond acceptors (Lipinski definition) is 4. The van der Waals surface area contributed by atoms with Gasteiger partial charge in [0.15, 0.2) is 11.7 Å². The summed E-state index contributed by atoms with van der Waals surface area (Å²) in [4.78, 5) is 12.0. The number of benzene rings is 2. The first-order valence-corrected chi connectivity index (χ1v) is 9.96.